The highest BCUT2D eigenvalue weighted by atomic mass is 35.5. The highest BCUT2D eigenvalue weighted by molar-refractivity contribution is 7.15. The van der Waals surface area contributed by atoms with Gasteiger partial charge >= 0.3 is 0 Å². The second-order valence-corrected chi connectivity index (χ2v) is 7.49. The molecule has 0 aliphatic rings. The minimum atomic E-state index is -0.544. The van der Waals surface area contributed by atoms with E-state index in [0.717, 1.165) is 17.8 Å². The number of hydrogen-bond donors (Lipinski definition) is 1. The van der Waals surface area contributed by atoms with Gasteiger partial charge in [-0.15, -0.1) is 10.2 Å². The zero-order valence-corrected chi connectivity index (χ0v) is 17.4. The summed E-state index contributed by atoms with van der Waals surface area (Å²) in [7, 11) is 1.56. The van der Waals surface area contributed by atoms with Crippen molar-refractivity contribution in [2.45, 2.75) is 19.8 Å². The van der Waals surface area contributed by atoms with Gasteiger partial charge in [-0.1, -0.05) is 29.9 Å². The number of carbonyl (C=O) groups is 1. The SMILES string of the molecule is CCCc1nnc(NC(=O)/C(C#N)=C\c2cccn2-c2cc(Cl)ccc2OC)s1. The molecule has 1 aromatic carbocycles. The van der Waals surface area contributed by atoms with E-state index in [1.165, 1.54) is 17.4 Å². The van der Waals surface area contributed by atoms with E-state index in [4.69, 9.17) is 16.3 Å². The van der Waals surface area contributed by atoms with Gasteiger partial charge in [-0.05, 0) is 42.8 Å². The van der Waals surface area contributed by atoms with Crippen LogP contribution in [0.3, 0.4) is 0 Å². The lowest BCUT2D eigenvalue weighted by atomic mass is 10.2. The first-order valence-corrected chi connectivity index (χ1v) is 10.0. The zero-order chi connectivity index (χ0) is 20.8. The standard InChI is InChI=1S/C20H18ClN5O2S/c1-3-5-18-24-25-20(29-18)23-19(27)13(12-22)10-15-6-4-9-26(15)16-11-14(21)7-8-17(16)28-2/h4,6-11H,3,5H2,1-2H3,(H,23,25,27)/b13-10-. The first kappa shape index (κ1) is 20.6. The molecule has 3 rings (SSSR count). The molecule has 9 heteroatoms. The van der Waals surface area contributed by atoms with Gasteiger partial charge in [0.25, 0.3) is 5.91 Å². The molecule has 0 aliphatic heterocycles. The molecule has 0 atom stereocenters. The highest BCUT2D eigenvalue weighted by Gasteiger charge is 2.15. The number of benzene rings is 1. The summed E-state index contributed by atoms with van der Waals surface area (Å²) >= 11 is 7.43. The van der Waals surface area contributed by atoms with Crippen LogP contribution < -0.4 is 10.1 Å². The number of amides is 1. The maximum Gasteiger partial charge on any atom is 0.268 e. The number of aryl methyl sites for hydroxylation is 1. The van der Waals surface area contributed by atoms with Gasteiger partial charge < -0.3 is 9.30 Å². The molecule has 1 N–H and O–H groups in total. The van der Waals surface area contributed by atoms with Gasteiger partial charge in [0.05, 0.1) is 12.8 Å². The number of carbonyl (C=O) groups excluding carboxylic acids is 1. The Bertz CT molecular complexity index is 1100. The summed E-state index contributed by atoms with van der Waals surface area (Å²) in [6.45, 7) is 2.04. The summed E-state index contributed by atoms with van der Waals surface area (Å²) in [6, 6.07) is 10.8. The maximum absolute atomic E-state index is 12.5. The molecule has 0 aliphatic carbocycles. The van der Waals surface area contributed by atoms with Crippen LogP contribution >= 0.6 is 22.9 Å². The van der Waals surface area contributed by atoms with E-state index < -0.39 is 5.91 Å². The Morgan fingerprint density at radius 1 is 1.41 bits per heavy atom. The van der Waals surface area contributed by atoms with Crippen molar-refractivity contribution in [3.05, 3.63) is 57.8 Å². The van der Waals surface area contributed by atoms with E-state index in [1.807, 2.05) is 13.0 Å². The second kappa shape index (κ2) is 9.37. The topological polar surface area (TPSA) is 92.8 Å². The first-order valence-electron chi connectivity index (χ1n) is 8.82. The fourth-order valence-corrected chi connectivity index (χ4v) is 3.67. The number of nitriles is 1. The third kappa shape index (κ3) is 4.83. The monoisotopic (exact) mass is 427 g/mol. The summed E-state index contributed by atoms with van der Waals surface area (Å²) in [6.07, 6.45) is 5.04. The number of rotatable bonds is 7. The lowest BCUT2D eigenvalue weighted by molar-refractivity contribution is -0.112. The van der Waals surface area contributed by atoms with Crippen LogP contribution in [0.1, 0.15) is 24.0 Å². The Morgan fingerprint density at radius 2 is 2.24 bits per heavy atom. The van der Waals surface area contributed by atoms with Crippen molar-refractivity contribution in [1.29, 1.82) is 5.26 Å². The minimum absolute atomic E-state index is 0.0572. The number of hydrogen-bond acceptors (Lipinski definition) is 6. The Kier molecular flexibility index (Phi) is 6.65. The van der Waals surface area contributed by atoms with E-state index >= 15 is 0 Å². The number of aromatic nitrogens is 3. The average molecular weight is 428 g/mol. The third-order valence-electron chi connectivity index (χ3n) is 3.99. The van der Waals surface area contributed by atoms with E-state index in [1.54, 1.807) is 48.2 Å². The quantitative estimate of drug-likeness (QED) is 0.443. The van der Waals surface area contributed by atoms with Gasteiger partial charge in [0.1, 0.15) is 22.4 Å². The Morgan fingerprint density at radius 3 is 2.97 bits per heavy atom. The molecular formula is C20H18ClN5O2S. The molecule has 3 aromatic rings. The Balaban J connectivity index is 1.89. The van der Waals surface area contributed by atoms with E-state index in [2.05, 4.69) is 15.5 Å². The normalized spacial score (nSPS) is 11.2. The molecule has 0 unspecified atom stereocenters. The molecule has 7 nitrogen and oxygen atoms in total. The lowest BCUT2D eigenvalue weighted by Gasteiger charge is -2.12. The fraction of sp³-hybridized carbons (Fsp3) is 0.200. The molecule has 2 aromatic heterocycles. The van der Waals surface area contributed by atoms with Crippen molar-refractivity contribution >= 4 is 40.1 Å². The smallest absolute Gasteiger partial charge is 0.268 e. The molecule has 148 valence electrons. The number of ether oxygens (including phenoxy) is 1. The van der Waals surface area contributed by atoms with Crippen molar-refractivity contribution in [3.63, 3.8) is 0 Å². The summed E-state index contributed by atoms with van der Waals surface area (Å²) in [5, 5.41) is 21.9. The van der Waals surface area contributed by atoms with Gasteiger partial charge in [0.2, 0.25) is 5.13 Å². The van der Waals surface area contributed by atoms with Crippen LogP contribution in [0.2, 0.25) is 5.02 Å². The molecule has 1 amide bonds. The van der Waals surface area contributed by atoms with Crippen molar-refractivity contribution in [2.75, 3.05) is 12.4 Å². The average Bonchev–Trinajstić information content (AvgIpc) is 3.35. The first-order chi connectivity index (χ1) is 14.0. The number of nitrogens with one attached hydrogen (secondary N) is 1. The molecule has 0 spiro atoms. The van der Waals surface area contributed by atoms with Crippen LogP contribution in [0.25, 0.3) is 11.8 Å². The van der Waals surface area contributed by atoms with Crippen molar-refractivity contribution in [3.8, 4) is 17.5 Å². The van der Waals surface area contributed by atoms with E-state index in [-0.39, 0.29) is 5.57 Å². The largest absolute Gasteiger partial charge is 0.495 e. The van der Waals surface area contributed by atoms with Crippen LogP contribution in [0, 0.1) is 11.3 Å². The van der Waals surface area contributed by atoms with Gasteiger partial charge in [0, 0.05) is 23.3 Å². The molecule has 0 fully saturated rings. The summed E-state index contributed by atoms with van der Waals surface area (Å²) in [5.41, 5.74) is 1.27. The Hall–Kier alpha value is -3.15. The predicted molar refractivity (Wildman–Crippen MR) is 113 cm³/mol. The zero-order valence-electron chi connectivity index (χ0n) is 15.8. The third-order valence-corrected chi connectivity index (χ3v) is 5.12. The number of methoxy groups -OCH3 is 1. The van der Waals surface area contributed by atoms with Crippen LogP contribution in [0.4, 0.5) is 5.13 Å². The second-order valence-electron chi connectivity index (χ2n) is 5.99. The summed E-state index contributed by atoms with van der Waals surface area (Å²) in [4.78, 5) is 12.5. The molecular weight excluding hydrogens is 410 g/mol. The molecule has 0 bridgehead atoms. The van der Waals surface area contributed by atoms with E-state index in [0.29, 0.717) is 27.3 Å². The summed E-state index contributed by atoms with van der Waals surface area (Å²) in [5.74, 6) is 0.0676. The van der Waals surface area contributed by atoms with Gasteiger partial charge in [-0.2, -0.15) is 5.26 Å². The van der Waals surface area contributed by atoms with Crippen LogP contribution in [-0.2, 0) is 11.2 Å². The van der Waals surface area contributed by atoms with Gasteiger partial charge in [-0.25, -0.2) is 0 Å². The molecule has 0 saturated carbocycles. The number of nitrogens with zero attached hydrogens (tertiary/aromatic N) is 4. The molecule has 0 saturated heterocycles. The van der Waals surface area contributed by atoms with Crippen LogP contribution in [0.15, 0.2) is 42.1 Å². The van der Waals surface area contributed by atoms with Crippen molar-refractivity contribution in [1.82, 2.24) is 14.8 Å². The fourth-order valence-electron chi connectivity index (χ4n) is 2.66. The lowest BCUT2D eigenvalue weighted by Crippen LogP contribution is -2.13. The number of anilines is 1. The minimum Gasteiger partial charge on any atom is -0.495 e. The number of halogens is 1. The Labute approximate surface area is 177 Å². The summed E-state index contributed by atoms with van der Waals surface area (Å²) < 4.78 is 7.19. The van der Waals surface area contributed by atoms with Gasteiger partial charge in [-0.3, -0.25) is 10.1 Å². The van der Waals surface area contributed by atoms with Crippen molar-refractivity contribution in [2.24, 2.45) is 0 Å². The predicted octanol–water partition coefficient (Wildman–Crippen LogP) is 4.49. The molecule has 29 heavy (non-hydrogen) atoms. The molecule has 0 radical (unpaired) electrons. The van der Waals surface area contributed by atoms with E-state index in [9.17, 15) is 10.1 Å². The van der Waals surface area contributed by atoms with Crippen LogP contribution in [-0.4, -0.2) is 27.8 Å². The highest BCUT2D eigenvalue weighted by Crippen LogP contribution is 2.28. The van der Waals surface area contributed by atoms with Crippen molar-refractivity contribution < 1.29 is 9.53 Å². The van der Waals surface area contributed by atoms with Gasteiger partial charge in [0.15, 0.2) is 0 Å². The van der Waals surface area contributed by atoms with Crippen LogP contribution in [0.5, 0.6) is 5.75 Å². The molecule has 2 heterocycles. The maximum atomic E-state index is 12.5.